The molecule has 0 bridgehead atoms. The molecule has 1 saturated heterocycles. The van der Waals surface area contributed by atoms with Gasteiger partial charge in [0.2, 0.25) is 0 Å². The molecule has 6 heteroatoms. The van der Waals surface area contributed by atoms with Crippen molar-refractivity contribution in [1.29, 1.82) is 0 Å². The monoisotopic (exact) mass is 341 g/mol. The van der Waals surface area contributed by atoms with Gasteiger partial charge in [0.1, 0.15) is 0 Å². The number of nitrogens with one attached hydrogen (secondary N) is 1. The van der Waals surface area contributed by atoms with Gasteiger partial charge in [-0.15, -0.1) is 0 Å². The molecular formula is C18H35N3O3. The molecule has 140 valence electrons. The Labute approximate surface area is 146 Å². The molecule has 1 rings (SSSR count). The molecule has 1 fully saturated rings. The third-order valence-corrected chi connectivity index (χ3v) is 5.37. The maximum Gasteiger partial charge on any atom is 0.308 e. The number of nitrogens with zero attached hydrogens (tertiary/aromatic N) is 2. The smallest absolute Gasteiger partial charge is 0.308 e. The Morgan fingerprint density at radius 2 is 1.92 bits per heavy atom. The minimum absolute atomic E-state index is 0.00823. The number of ether oxygens (including phenoxy) is 1. The molecule has 2 N–H and O–H groups in total. The Balaban J connectivity index is 2.74. The lowest BCUT2D eigenvalue weighted by Gasteiger charge is -2.35. The van der Waals surface area contributed by atoms with Crippen molar-refractivity contribution in [2.24, 2.45) is 16.3 Å². The Morgan fingerprint density at radius 1 is 1.29 bits per heavy atom. The molecule has 0 saturated carbocycles. The van der Waals surface area contributed by atoms with Gasteiger partial charge in [-0.3, -0.25) is 9.79 Å². The lowest BCUT2D eigenvalue weighted by molar-refractivity contribution is -0.146. The summed E-state index contributed by atoms with van der Waals surface area (Å²) in [5, 5.41) is 12.7. The van der Waals surface area contributed by atoms with E-state index < -0.39 is 0 Å². The summed E-state index contributed by atoms with van der Waals surface area (Å²) in [5.74, 6) is 0.828. The van der Waals surface area contributed by atoms with Gasteiger partial charge in [0, 0.05) is 32.8 Å². The number of methoxy groups -OCH3 is 1. The van der Waals surface area contributed by atoms with Gasteiger partial charge in [-0.25, -0.2) is 0 Å². The van der Waals surface area contributed by atoms with E-state index in [0.717, 1.165) is 64.2 Å². The Morgan fingerprint density at radius 3 is 2.38 bits per heavy atom. The molecule has 0 aliphatic carbocycles. The summed E-state index contributed by atoms with van der Waals surface area (Å²) in [7, 11) is 1.45. The predicted molar refractivity (Wildman–Crippen MR) is 97.0 cm³/mol. The van der Waals surface area contributed by atoms with Crippen LogP contribution in [0.25, 0.3) is 0 Å². The molecule has 0 unspecified atom stereocenters. The van der Waals surface area contributed by atoms with Crippen LogP contribution in [0.5, 0.6) is 0 Å². The van der Waals surface area contributed by atoms with Crippen molar-refractivity contribution in [2.75, 3.05) is 39.9 Å². The fraction of sp³-hybridized carbons (Fsp3) is 0.889. The van der Waals surface area contributed by atoms with Crippen LogP contribution in [0, 0.1) is 11.3 Å². The summed E-state index contributed by atoms with van der Waals surface area (Å²) in [6.07, 6.45) is 4.42. The average Bonchev–Trinajstić information content (AvgIpc) is 2.63. The fourth-order valence-corrected chi connectivity index (χ4v) is 3.31. The minimum atomic E-state index is -0.101. The summed E-state index contributed by atoms with van der Waals surface area (Å²) in [4.78, 5) is 18.8. The number of guanidine groups is 1. The van der Waals surface area contributed by atoms with Crippen LogP contribution in [0.4, 0.5) is 0 Å². The highest BCUT2D eigenvalue weighted by Crippen LogP contribution is 2.31. The van der Waals surface area contributed by atoms with Crippen LogP contribution in [-0.2, 0) is 9.53 Å². The number of aliphatic hydroxyl groups is 1. The summed E-state index contributed by atoms with van der Waals surface area (Å²) in [6, 6.07) is 0. The lowest BCUT2D eigenvalue weighted by atomic mass is 9.79. The van der Waals surface area contributed by atoms with E-state index in [2.05, 4.69) is 31.0 Å². The fourth-order valence-electron chi connectivity index (χ4n) is 3.31. The first-order chi connectivity index (χ1) is 11.6. The maximum absolute atomic E-state index is 11.7. The van der Waals surface area contributed by atoms with Crippen LogP contribution < -0.4 is 5.32 Å². The van der Waals surface area contributed by atoms with E-state index in [1.807, 2.05) is 0 Å². The molecule has 0 atom stereocenters. The van der Waals surface area contributed by atoms with Gasteiger partial charge in [-0.1, -0.05) is 13.8 Å². The van der Waals surface area contributed by atoms with Crippen LogP contribution in [0.1, 0.15) is 52.9 Å². The molecule has 1 heterocycles. The van der Waals surface area contributed by atoms with E-state index >= 15 is 0 Å². The van der Waals surface area contributed by atoms with Gasteiger partial charge >= 0.3 is 5.97 Å². The number of rotatable bonds is 8. The topological polar surface area (TPSA) is 74.2 Å². The van der Waals surface area contributed by atoms with Crippen LogP contribution in [0.2, 0.25) is 0 Å². The van der Waals surface area contributed by atoms with Gasteiger partial charge < -0.3 is 20.1 Å². The number of aliphatic hydroxyl groups excluding tert-OH is 1. The van der Waals surface area contributed by atoms with Crippen molar-refractivity contribution < 1.29 is 14.6 Å². The molecule has 1 aliphatic rings. The largest absolute Gasteiger partial charge is 0.469 e. The molecule has 0 aromatic carbocycles. The zero-order chi connectivity index (χ0) is 18.0. The van der Waals surface area contributed by atoms with Crippen LogP contribution in [-0.4, -0.2) is 61.8 Å². The van der Waals surface area contributed by atoms with E-state index in [1.54, 1.807) is 0 Å². The Hall–Kier alpha value is -1.30. The average molecular weight is 341 g/mol. The van der Waals surface area contributed by atoms with Crippen LogP contribution in [0.15, 0.2) is 4.99 Å². The molecule has 6 nitrogen and oxygen atoms in total. The first-order valence-corrected chi connectivity index (χ1v) is 9.27. The Bertz CT molecular complexity index is 400. The van der Waals surface area contributed by atoms with E-state index in [1.165, 1.54) is 7.11 Å². The van der Waals surface area contributed by atoms with Crippen molar-refractivity contribution in [3.8, 4) is 0 Å². The van der Waals surface area contributed by atoms with Crippen molar-refractivity contribution in [1.82, 2.24) is 10.2 Å². The second kappa shape index (κ2) is 10.5. The van der Waals surface area contributed by atoms with Gasteiger partial charge in [0.15, 0.2) is 5.96 Å². The Kier molecular flexibility index (Phi) is 9.11. The molecule has 0 amide bonds. The lowest BCUT2D eigenvalue weighted by Crippen LogP contribution is -2.47. The van der Waals surface area contributed by atoms with Crippen molar-refractivity contribution >= 4 is 11.9 Å². The summed E-state index contributed by atoms with van der Waals surface area (Å²) < 4.78 is 4.85. The van der Waals surface area contributed by atoms with Crippen molar-refractivity contribution in [3.05, 3.63) is 0 Å². The summed E-state index contributed by atoms with van der Waals surface area (Å²) >= 11 is 0. The molecule has 24 heavy (non-hydrogen) atoms. The number of carbonyl (C=O) groups excluding carboxylic acids is 1. The number of likely N-dealkylation sites (tertiary alicyclic amines) is 1. The van der Waals surface area contributed by atoms with Crippen LogP contribution >= 0.6 is 0 Å². The quantitative estimate of drug-likeness (QED) is 0.401. The zero-order valence-corrected chi connectivity index (χ0v) is 15.8. The van der Waals surface area contributed by atoms with Crippen molar-refractivity contribution in [2.45, 2.75) is 52.9 Å². The predicted octanol–water partition coefficient (Wildman–Crippen LogP) is 2.03. The second-order valence-electron chi connectivity index (χ2n) is 6.64. The van der Waals surface area contributed by atoms with Gasteiger partial charge in [-0.2, -0.15) is 0 Å². The van der Waals surface area contributed by atoms with E-state index in [-0.39, 0.29) is 23.9 Å². The number of carbonyl (C=O) groups is 1. The standard InChI is InChI=1S/C18H35N3O3/c1-5-18(6-2,10-13-22)14-20-17(19-7-3)21-11-8-15(9-12-21)16(23)24-4/h15,22H,5-14H2,1-4H3,(H,19,20). The SMILES string of the molecule is CCNC(=NCC(CC)(CC)CCO)N1CCC(C(=O)OC)CC1. The van der Waals surface area contributed by atoms with Gasteiger partial charge in [0.05, 0.1) is 13.0 Å². The van der Waals surface area contributed by atoms with Crippen LogP contribution in [0.3, 0.4) is 0 Å². The number of piperidine rings is 1. The van der Waals surface area contributed by atoms with Crippen molar-refractivity contribution in [3.63, 3.8) is 0 Å². The summed E-state index contributed by atoms with van der Waals surface area (Å²) in [5.41, 5.74) is 0.0692. The molecule has 0 spiro atoms. The highest BCUT2D eigenvalue weighted by molar-refractivity contribution is 5.80. The molecule has 0 aromatic rings. The number of hydrogen-bond acceptors (Lipinski definition) is 4. The minimum Gasteiger partial charge on any atom is -0.469 e. The highest BCUT2D eigenvalue weighted by Gasteiger charge is 2.29. The van der Waals surface area contributed by atoms with Gasteiger partial charge in [-0.05, 0) is 44.4 Å². The first-order valence-electron chi connectivity index (χ1n) is 9.27. The maximum atomic E-state index is 11.7. The number of hydrogen-bond donors (Lipinski definition) is 2. The molecular weight excluding hydrogens is 306 g/mol. The number of aliphatic imine (C=N–C) groups is 1. The zero-order valence-electron chi connectivity index (χ0n) is 15.8. The molecule has 1 aliphatic heterocycles. The molecule has 0 aromatic heterocycles. The highest BCUT2D eigenvalue weighted by atomic mass is 16.5. The third kappa shape index (κ3) is 5.65. The second-order valence-corrected chi connectivity index (χ2v) is 6.64. The van der Waals surface area contributed by atoms with E-state index in [9.17, 15) is 9.90 Å². The summed E-state index contributed by atoms with van der Waals surface area (Å²) in [6.45, 7) is 9.79. The van der Waals surface area contributed by atoms with E-state index in [4.69, 9.17) is 9.73 Å². The van der Waals surface area contributed by atoms with Gasteiger partial charge in [0.25, 0.3) is 0 Å². The first kappa shape index (κ1) is 20.7. The third-order valence-electron chi connectivity index (χ3n) is 5.37. The van der Waals surface area contributed by atoms with E-state index in [0.29, 0.717) is 0 Å². The normalized spacial score (nSPS) is 17.0. The molecule has 0 radical (unpaired) electrons. The number of esters is 1.